The molecule has 1 heterocycles. The van der Waals surface area contributed by atoms with Crippen molar-refractivity contribution >= 4 is 23.5 Å². The zero-order chi connectivity index (χ0) is 24.5. The van der Waals surface area contributed by atoms with Crippen LogP contribution in [0.15, 0.2) is 108 Å². The number of rotatable bonds is 10. The number of hydrogen-bond acceptors (Lipinski definition) is 4. The Labute approximate surface area is 208 Å². The van der Waals surface area contributed by atoms with Crippen molar-refractivity contribution in [1.29, 1.82) is 0 Å². The zero-order valence-electron chi connectivity index (χ0n) is 19.1. The van der Waals surface area contributed by atoms with Crippen LogP contribution in [-0.4, -0.2) is 22.7 Å². The lowest BCUT2D eigenvalue weighted by Gasteiger charge is -2.18. The molecule has 1 amide bonds. The first kappa shape index (κ1) is 24.4. The van der Waals surface area contributed by atoms with E-state index in [9.17, 15) is 14.0 Å². The van der Waals surface area contributed by atoms with Crippen LogP contribution in [0.3, 0.4) is 0 Å². The van der Waals surface area contributed by atoms with Crippen molar-refractivity contribution in [3.05, 3.63) is 131 Å². The fourth-order valence-corrected chi connectivity index (χ4v) is 4.40. The lowest BCUT2D eigenvalue weighted by molar-refractivity contribution is -0.120. The lowest BCUT2D eigenvalue weighted by atomic mass is 9.99. The minimum atomic E-state index is -0.733. The number of amides is 1. The second-order valence-electron chi connectivity index (χ2n) is 8.13. The molecule has 6 heteroatoms. The van der Waals surface area contributed by atoms with Gasteiger partial charge >= 0.3 is 0 Å². The lowest BCUT2D eigenvalue weighted by Crippen LogP contribution is -2.43. The Kier molecular flexibility index (Phi) is 8.41. The molecule has 0 radical (unpaired) electrons. The van der Waals surface area contributed by atoms with Crippen molar-refractivity contribution < 1.29 is 14.0 Å². The van der Waals surface area contributed by atoms with Gasteiger partial charge in [-0.15, -0.1) is 11.8 Å². The van der Waals surface area contributed by atoms with Crippen LogP contribution < -0.4 is 5.32 Å². The minimum Gasteiger partial charge on any atom is -0.342 e. The number of nitrogens with one attached hydrogen (secondary N) is 1. The number of halogens is 1. The van der Waals surface area contributed by atoms with Gasteiger partial charge in [0.1, 0.15) is 5.82 Å². The summed E-state index contributed by atoms with van der Waals surface area (Å²) in [5, 5.41) is 2.83. The van der Waals surface area contributed by atoms with Crippen molar-refractivity contribution in [3.8, 4) is 0 Å². The third-order valence-electron chi connectivity index (χ3n) is 5.48. The number of aromatic nitrogens is 1. The summed E-state index contributed by atoms with van der Waals surface area (Å²) in [5.74, 6) is -0.133. The summed E-state index contributed by atoms with van der Waals surface area (Å²) >= 11 is 1.69. The fourth-order valence-electron chi connectivity index (χ4n) is 3.58. The van der Waals surface area contributed by atoms with Crippen molar-refractivity contribution in [1.82, 2.24) is 10.3 Å². The van der Waals surface area contributed by atoms with Gasteiger partial charge in [0.2, 0.25) is 0 Å². The fraction of sp³-hybridized carbons (Fsp3) is 0.138. The summed E-state index contributed by atoms with van der Waals surface area (Å²) in [6.07, 6.45) is 2.24. The first-order valence-electron chi connectivity index (χ1n) is 11.3. The Morgan fingerprint density at radius 3 is 2.11 bits per heavy atom. The Balaban J connectivity index is 1.42. The summed E-state index contributed by atoms with van der Waals surface area (Å²) in [6, 6.07) is 28.1. The molecular formula is C29H25FN2O2S. The van der Waals surface area contributed by atoms with E-state index in [1.807, 2.05) is 60.7 Å². The topological polar surface area (TPSA) is 59.1 Å². The molecule has 0 aliphatic rings. The van der Waals surface area contributed by atoms with Gasteiger partial charge in [-0.2, -0.15) is 0 Å². The number of carbonyl (C=O) groups excluding carboxylic acids is 2. The maximum Gasteiger partial charge on any atom is 0.251 e. The van der Waals surface area contributed by atoms with E-state index in [2.05, 4.69) is 22.4 Å². The summed E-state index contributed by atoms with van der Waals surface area (Å²) in [6.45, 7) is 0. The monoisotopic (exact) mass is 484 g/mol. The van der Waals surface area contributed by atoms with E-state index in [0.717, 1.165) is 16.2 Å². The Bertz CT molecular complexity index is 1250. The van der Waals surface area contributed by atoms with Crippen molar-refractivity contribution in [2.24, 2.45) is 0 Å². The van der Waals surface area contributed by atoms with E-state index < -0.39 is 17.8 Å². The molecule has 0 saturated carbocycles. The Morgan fingerprint density at radius 1 is 0.829 bits per heavy atom. The summed E-state index contributed by atoms with van der Waals surface area (Å²) in [4.78, 5) is 31.5. The van der Waals surface area contributed by atoms with Gasteiger partial charge in [-0.3, -0.25) is 14.6 Å². The van der Waals surface area contributed by atoms with Gasteiger partial charge in [-0.25, -0.2) is 4.39 Å². The molecule has 0 unspecified atom stereocenters. The van der Waals surface area contributed by atoms with Crippen molar-refractivity contribution in [2.45, 2.75) is 29.5 Å². The SMILES string of the molecule is O=C(N[C@@H](Cc1ccccc1)C(=O)Cc1ccc(SCc2ccccc2)cn1)c1ccc(F)cc1. The third-order valence-corrected chi connectivity index (χ3v) is 6.54. The highest BCUT2D eigenvalue weighted by molar-refractivity contribution is 7.98. The van der Waals surface area contributed by atoms with Gasteiger partial charge < -0.3 is 5.32 Å². The van der Waals surface area contributed by atoms with Crippen LogP contribution in [0.1, 0.15) is 27.2 Å². The summed E-state index contributed by atoms with van der Waals surface area (Å²) in [7, 11) is 0. The van der Waals surface area contributed by atoms with Crippen LogP contribution >= 0.6 is 11.8 Å². The van der Waals surface area contributed by atoms with Gasteiger partial charge in [0.15, 0.2) is 5.78 Å². The highest BCUT2D eigenvalue weighted by Crippen LogP contribution is 2.22. The van der Waals surface area contributed by atoms with Gasteiger partial charge in [-0.05, 0) is 53.9 Å². The average Bonchev–Trinajstić information content (AvgIpc) is 2.89. The molecule has 0 saturated heterocycles. The standard InChI is InChI=1S/C29H25FN2O2S/c30-24-13-11-23(12-14-24)29(34)32-27(17-21-7-3-1-4-8-21)28(33)18-25-15-16-26(19-31-25)35-20-22-9-5-2-6-10-22/h1-16,19,27H,17-18,20H2,(H,32,34)/t27-/m0/s1. The van der Waals surface area contributed by atoms with E-state index in [0.29, 0.717) is 17.7 Å². The molecule has 1 atom stereocenters. The van der Waals surface area contributed by atoms with E-state index in [-0.39, 0.29) is 12.2 Å². The number of thioether (sulfide) groups is 1. The Hall–Kier alpha value is -3.77. The molecule has 4 rings (SSSR count). The zero-order valence-corrected chi connectivity index (χ0v) is 19.9. The minimum absolute atomic E-state index is 0.102. The van der Waals surface area contributed by atoms with Crippen molar-refractivity contribution in [2.75, 3.05) is 0 Å². The van der Waals surface area contributed by atoms with Gasteiger partial charge in [0, 0.05) is 28.1 Å². The summed E-state index contributed by atoms with van der Waals surface area (Å²) < 4.78 is 13.2. The molecule has 35 heavy (non-hydrogen) atoms. The van der Waals surface area contributed by atoms with Crippen LogP contribution in [0.2, 0.25) is 0 Å². The molecule has 1 aromatic heterocycles. The van der Waals surface area contributed by atoms with Crippen molar-refractivity contribution in [3.63, 3.8) is 0 Å². The molecule has 0 fully saturated rings. The molecule has 176 valence electrons. The van der Waals surface area contributed by atoms with E-state index >= 15 is 0 Å². The maximum atomic E-state index is 13.2. The van der Waals surface area contributed by atoms with E-state index in [1.165, 1.54) is 29.8 Å². The average molecular weight is 485 g/mol. The second kappa shape index (κ2) is 12.1. The molecule has 0 aliphatic heterocycles. The number of nitrogens with zero attached hydrogens (tertiary/aromatic N) is 1. The number of pyridine rings is 1. The third kappa shape index (κ3) is 7.36. The molecular weight excluding hydrogens is 459 g/mol. The highest BCUT2D eigenvalue weighted by atomic mass is 32.2. The molecule has 0 spiro atoms. The van der Waals surface area contributed by atoms with Crippen LogP contribution in [-0.2, 0) is 23.4 Å². The van der Waals surface area contributed by atoms with E-state index in [4.69, 9.17) is 0 Å². The molecule has 4 nitrogen and oxygen atoms in total. The molecule has 4 aromatic rings. The maximum absolute atomic E-state index is 13.2. The number of ketones is 1. The normalized spacial score (nSPS) is 11.6. The predicted molar refractivity (Wildman–Crippen MR) is 137 cm³/mol. The van der Waals surface area contributed by atoms with Gasteiger partial charge in [0.25, 0.3) is 5.91 Å². The molecule has 0 aliphatic carbocycles. The number of hydrogen-bond donors (Lipinski definition) is 1. The first-order valence-corrected chi connectivity index (χ1v) is 12.3. The van der Waals surface area contributed by atoms with Gasteiger partial charge in [0.05, 0.1) is 12.5 Å². The van der Waals surface area contributed by atoms with E-state index in [1.54, 1.807) is 18.0 Å². The van der Waals surface area contributed by atoms with Crippen LogP contribution in [0.4, 0.5) is 4.39 Å². The molecule has 0 bridgehead atoms. The van der Waals surface area contributed by atoms with Gasteiger partial charge in [-0.1, -0.05) is 60.7 Å². The number of Topliss-reactive ketones (excluding diaryl/α,β-unsaturated/α-hetero) is 1. The molecule has 3 aromatic carbocycles. The van der Waals surface area contributed by atoms with Crippen LogP contribution in [0.5, 0.6) is 0 Å². The van der Waals surface area contributed by atoms with Crippen LogP contribution in [0, 0.1) is 5.82 Å². The first-order chi connectivity index (χ1) is 17.1. The predicted octanol–water partition coefficient (Wildman–Crippen LogP) is 5.67. The summed E-state index contributed by atoms with van der Waals surface area (Å²) in [5.41, 5.74) is 3.12. The Morgan fingerprint density at radius 2 is 1.49 bits per heavy atom. The smallest absolute Gasteiger partial charge is 0.251 e. The second-order valence-corrected chi connectivity index (χ2v) is 9.17. The number of benzene rings is 3. The number of carbonyl (C=O) groups is 2. The quantitative estimate of drug-likeness (QED) is 0.295. The molecule has 1 N–H and O–H groups in total. The largest absolute Gasteiger partial charge is 0.342 e. The highest BCUT2D eigenvalue weighted by Gasteiger charge is 2.22. The van der Waals surface area contributed by atoms with Crippen LogP contribution in [0.25, 0.3) is 0 Å².